The third-order valence-corrected chi connectivity index (χ3v) is 6.18. The molecule has 4 heterocycles. The van der Waals surface area contributed by atoms with Crippen molar-refractivity contribution in [2.45, 2.75) is 32.2 Å². The summed E-state index contributed by atoms with van der Waals surface area (Å²) < 4.78 is 1.93. The van der Waals surface area contributed by atoms with Crippen LogP contribution in [0.3, 0.4) is 0 Å². The van der Waals surface area contributed by atoms with E-state index >= 15 is 0 Å². The fourth-order valence-electron chi connectivity index (χ4n) is 2.95. The Morgan fingerprint density at radius 2 is 2.30 bits per heavy atom. The number of thiophene rings is 1. The van der Waals surface area contributed by atoms with Gasteiger partial charge in [0.05, 0.1) is 11.6 Å². The number of tetrazole rings is 1. The van der Waals surface area contributed by atoms with Gasteiger partial charge in [0, 0.05) is 41.4 Å². The lowest BCUT2D eigenvalue weighted by Crippen LogP contribution is -2.24. The summed E-state index contributed by atoms with van der Waals surface area (Å²) in [6.45, 7) is 4.81. The van der Waals surface area contributed by atoms with Crippen molar-refractivity contribution < 1.29 is 0 Å². The van der Waals surface area contributed by atoms with Gasteiger partial charge in [0.15, 0.2) is 0 Å². The summed E-state index contributed by atoms with van der Waals surface area (Å²) in [7, 11) is 0. The Bertz CT molecular complexity index is 763. The highest BCUT2D eigenvalue weighted by Crippen LogP contribution is 2.31. The smallest absolute Gasteiger partial charge is 0.245 e. The van der Waals surface area contributed by atoms with Gasteiger partial charge in [-0.15, -0.1) is 22.7 Å². The Morgan fingerprint density at radius 1 is 1.35 bits per heavy atom. The minimum atomic E-state index is 0.496. The Kier molecular flexibility index (Phi) is 4.09. The number of thiazole rings is 1. The van der Waals surface area contributed by atoms with Crippen LogP contribution in [0.1, 0.15) is 27.9 Å². The quantitative estimate of drug-likeness (QED) is 0.711. The van der Waals surface area contributed by atoms with E-state index < -0.39 is 0 Å². The number of aryl methyl sites for hydroxylation is 3. The van der Waals surface area contributed by atoms with Crippen LogP contribution >= 0.6 is 22.7 Å². The van der Waals surface area contributed by atoms with Gasteiger partial charge < -0.3 is 4.90 Å². The van der Waals surface area contributed by atoms with E-state index in [4.69, 9.17) is 0 Å². The van der Waals surface area contributed by atoms with Crippen molar-refractivity contribution in [1.82, 2.24) is 25.2 Å². The molecule has 0 amide bonds. The molecule has 1 fully saturated rings. The Morgan fingerprint density at radius 3 is 3.09 bits per heavy atom. The minimum absolute atomic E-state index is 0.496. The SMILES string of the molecule is Cc1csc(C2CCN(c3nnnn3CCc3cccs3)C2)n1. The maximum atomic E-state index is 4.64. The highest BCUT2D eigenvalue weighted by atomic mass is 32.1. The van der Waals surface area contributed by atoms with Crippen molar-refractivity contribution in [1.29, 1.82) is 0 Å². The van der Waals surface area contributed by atoms with E-state index in [1.54, 1.807) is 22.7 Å². The minimum Gasteiger partial charge on any atom is -0.339 e. The topological polar surface area (TPSA) is 59.7 Å². The van der Waals surface area contributed by atoms with Gasteiger partial charge in [-0.05, 0) is 35.2 Å². The molecule has 0 N–H and O–H groups in total. The third-order valence-electron chi connectivity index (χ3n) is 4.12. The van der Waals surface area contributed by atoms with Crippen LogP contribution in [0.4, 0.5) is 5.95 Å². The molecule has 1 atom stereocenters. The standard InChI is InChI=1S/C15H18N6S2/c1-11-10-23-14(16-11)12-4-6-20(9-12)15-17-18-19-21(15)7-5-13-3-2-8-22-13/h2-3,8,10,12H,4-7,9H2,1H3. The zero-order valence-corrected chi connectivity index (χ0v) is 14.6. The molecule has 0 radical (unpaired) electrons. The van der Waals surface area contributed by atoms with E-state index in [1.807, 2.05) is 4.68 Å². The van der Waals surface area contributed by atoms with Crippen LogP contribution in [0.15, 0.2) is 22.9 Å². The Labute approximate surface area is 142 Å². The van der Waals surface area contributed by atoms with E-state index in [2.05, 4.69) is 55.2 Å². The molecule has 1 unspecified atom stereocenters. The summed E-state index contributed by atoms with van der Waals surface area (Å²) in [6.07, 6.45) is 2.09. The normalized spacial score (nSPS) is 18.0. The monoisotopic (exact) mass is 346 g/mol. The van der Waals surface area contributed by atoms with Crippen LogP contribution < -0.4 is 4.90 Å². The van der Waals surface area contributed by atoms with E-state index in [-0.39, 0.29) is 0 Å². The van der Waals surface area contributed by atoms with Gasteiger partial charge in [-0.1, -0.05) is 11.2 Å². The van der Waals surface area contributed by atoms with Crippen molar-refractivity contribution in [3.05, 3.63) is 38.5 Å². The molecule has 0 spiro atoms. The van der Waals surface area contributed by atoms with Gasteiger partial charge >= 0.3 is 0 Å². The van der Waals surface area contributed by atoms with Crippen LogP contribution in [0.5, 0.6) is 0 Å². The first kappa shape index (κ1) is 14.8. The van der Waals surface area contributed by atoms with Gasteiger partial charge in [-0.2, -0.15) is 0 Å². The van der Waals surface area contributed by atoms with Crippen molar-refractivity contribution >= 4 is 28.6 Å². The second-order valence-electron chi connectivity index (χ2n) is 5.79. The highest BCUT2D eigenvalue weighted by Gasteiger charge is 2.29. The molecule has 0 aliphatic carbocycles. The lowest BCUT2D eigenvalue weighted by Gasteiger charge is -2.16. The summed E-state index contributed by atoms with van der Waals surface area (Å²) in [5, 5.41) is 17.8. The van der Waals surface area contributed by atoms with Gasteiger partial charge in [-0.3, -0.25) is 0 Å². The van der Waals surface area contributed by atoms with Crippen LogP contribution in [0, 0.1) is 6.92 Å². The number of hydrogen-bond acceptors (Lipinski definition) is 7. The van der Waals surface area contributed by atoms with Crippen molar-refractivity contribution in [3.63, 3.8) is 0 Å². The average molecular weight is 346 g/mol. The first-order valence-electron chi connectivity index (χ1n) is 7.75. The van der Waals surface area contributed by atoms with Crippen LogP contribution in [0.2, 0.25) is 0 Å². The molecule has 3 aromatic heterocycles. The largest absolute Gasteiger partial charge is 0.339 e. The fraction of sp³-hybridized carbons (Fsp3) is 0.467. The zero-order chi connectivity index (χ0) is 15.6. The lowest BCUT2D eigenvalue weighted by molar-refractivity contribution is 0.586. The molecule has 120 valence electrons. The molecule has 23 heavy (non-hydrogen) atoms. The molecule has 4 rings (SSSR count). The molecule has 1 aliphatic heterocycles. The van der Waals surface area contributed by atoms with Gasteiger partial charge in [-0.25, -0.2) is 9.67 Å². The first-order valence-corrected chi connectivity index (χ1v) is 9.51. The molecule has 6 nitrogen and oxygen atoms in total. The molecule has 1 aliphatic rings. The predicted molar refractivity (Wildman–Crippen MR) is 92.3 cm³/mol. The molecule has 0 saturated carbocycles. The molecule has 1 saturated heterocycles. The number of hydrogen-bond donors (Lipinski definition) is 0. The first-order chi connectivity index (χ1) is 11.3. The molecule has 3 aromatic rings. The van der Waals surface area contributed by atoms with Crippen LogP contribution in [-0.4, -0.2) is 38.3 Å². The van der Waals surface area contributed by atoms with Crippen molar-refractivity contribution in [3.8, 4) is 0 Å². The number of aromatic nitrogens is 5. The van der Waals surface area contributed by atoms with Gasteiger partial charge in [0.2, 0.25) is 5.95 Å². The third kappa shape index (κ3) is 3.13. The molecule has 0 bridgehead atoms. The highest BCUT2D eigenvalue weighted by molar-refractivity contribution is 7.10. The van der Waals surface area contributed by atoms with Crippen molar-refractivity contribution in [2.75, 3.05) is 18.0 Å². The predicted octanol–water partition coefficient (Wildman–Crippen LogP) is 2.74. The Hall–Kier alpha value is -1.80. The van der Waals surface area contributed by atoms with Gasteiger partial charge in [0.25, 0.3) is 0 Å². The lowest BCUT2D eigenvalue weighted by atomic mass is 10.1. The second-order valence-corrected chi connectivity index (χ2v) is 7.71. The second kappa shape index (κ2) is 6.37. The van der Waals surface area contributed by atoms with Crippen molar-refractivity contribution in [2.24, 2.45) is 0 Å². The van der Waals surface area contributed by atoms with Gasteiger partial charge in [0.1, 0.15) is 0 Å². The maximum absolute atomic E-state index is 4.64. The molecular formula is C15H18N6S2. The van der Waals surface area contributed by atoms with E-state index in [0.717, 1.165) is 44.1 Å². The van der Waals surface area contributed by atoms with E-state index in [1.165, 1.54) is 9.88 Å². The zero-order valence-electron chi connectivity index (χ0n) is 12.9. The molecule has 0 aromatic carbocycles. The van der Waals surface area contributed by atoms with E-state index in [9.17, 15) is 0 Å². The number of anilines is 1. The summed E-state index contributed by atoms with van der Waals surface area (Å²) in [4.78, 5) is 8.29. The fourth-order valence-corrected chi connectivity index (χ4v) is 4.57. The van der Waals surface area contributed by atoms with Crippen LogP contribution in [0.25, 0.3) is 0 Å². The van der Waals surface area contributed by atoms with Crippen LogP contribution in [-0.2, 0) is 13.0 Å². The summed E-state index contributed by atoms with van der Waals surface area (Å²) in [5.41, 5.74) is 1.12. The van der Waals surface area contributed by atoms with E-state index in [0.29, 0.717) is 5.92 Å². The summed E-state index contributed by atoms with van der Waals surface area (Å²) in [6, 6.07) is 4.24. The number of nitrogens with zero attached hydrogens (tertiary/aromatic N) is 6. The average Bonchev–Trinajstić information content (AvgIpc) is 3.31. The Balaban J connectivity index is 1.44. The summed E-state index contributed by atoms with van der Waals surface area (Å²) in [5.74, 6) is 1.38. The molecular weight excluding hydrogens is 328 g/mol. The summed E-state index contributed by atoms with van der Waals surface area (Å²) >= 11 is 3.54. The molecule has 8 heteroatoms. The number of rotatable bonds is 5. The maximum Gasteiger partial charge on any atom is 0.245 e.